The molecule has 0 bridgehead atoms. The van der Waals surface area contributed by atoms with Crippen molar-refractivity contribution in [3.63, 3.8) is 0 Å². The Morgan fingerprint density at radius 3 is 2.00 bits per heavy atom. The van der Waals surface area contributed by atoms with Gasteiger partial charge >= 0.3 is 18.4 Å². The van der Waals surface area contributed by atoms with Crippen molar-refractivity contribution in [3.8, 4) is 0 Å². The van der Waals surface area contributed by atoms with Crippen LogP contribution in [0.3, 0.4) is 0 Å². The Morgan fingerprint density at radius 1 is 1.05 bits per heavy atom. The van der Waals surface area contributed by atoms with Crippen molar-refractivity contribution in [3.05, 3.63) is 0 Å². The predicted octanol–water partition coefficient (Wildman–Crippen LogP) is 2.83. The van der Waals surface area contributed by atoms with Crippen LogP contribution < -0.4 is 5.32 Å². The van der Waals surface area contributed by atoms with Crippen LogP contribution in [0.2, 0.25) is 0 Å². The van der Waals surface area contributed by atoms with Gasteiger partial charge in [-0.2, -0.15) is 26.3 Å². The molecule has 0 aliphatic carbocycles. The van der Waals surface area contributed by atoms with Crippen molar-refractivity contribution >= 4 is 6.09 Å². The van der Waals surface area contributed by atoms with E-state index in [1.165, 1.54) is 0 Å². The molecule has 2 saturated heterocycles. The maximum Gasteiger partial charge on any atom is 0.434 e. The summed E-state index contributed by atoms with van der Waals surface area (Å²) in [6, 6.07) is 0. The number of alkyl halides is 6. The zero-order valence-electron chi connectivity index (χ0n) is 11.6. The summed E-state index contributed by atoms with van der Waals surface area (Å²) < 4.78 is 77.8. The third kappa shape index (κ3) is 3.76. The molecule has 0 radical (unpaired) electrons. The smallest absolute Gasteiger partial charge is 0.426 e. The van der Waals surface area contributed by atoms with E-state index >= 15 is 0 Å². The molecule has 0 aromatic carbocycles. The molecule has 22 heavy (non-hydrogen) atoms. The zero-order valence-corrected chi connectivity index (χ0v) is 11.6. The van der Waals surface area contributed by atoms with Gasteiger partial charge in [0.1, 0.15) is 0 Å². The highest BCUT2D eigenvalue weighted by atomic mass is 19.4. The molecular formula is C12H16F6N2O2. The lowest BCUT2D eigenvalue weighted by molar-refractivity contribution is -0.308. The van der Waals surface area contributed by atoms with Crippen LogP contribution in [0.15, 0.2) is 0 Å². The number of amides is 1. The topological polar surface area (TPSA) is 41.6 Å². The van der Waals surface area contributed by atoms with Crippen molar-refractivity contribution in [2.75, 3.05) is 19.6 Å². The molecule has 2 fully saturated rings. The van der Waals surface area contributed by atoms with Gasteiger partial charge in [0, 0.05) is 18.6 Å². The van der Waals surface area contributed by atoms with Crippen LogP contribution >= 0.6 is 0 Å². The minimum atomic E-state index is -5.68. The Morgan fingerprint density at radius 2 is 1.59 bits per heavy atom. The fraction of sp³-hybridized carbons (Fsp3) is 0.917. The van der Waals surface area contributed by atoms with Crippen LogP contribution in [-0.4, -0.2) is 54.6 Å². The second kappa shape index (κ2) is 5.78. The number of carbonyl (C=O) groups excluding carboxylic acids is 1. The third-order valence-electron chi connectivity index (χ3n) is 4.12. The quantitative estimate of drug-likeness (QED) is 0.750. The number of halogens is 6. The van der Waals surface area contributed by atoms with Gasteiger partial charge in [-0.25, -0.2) is 4.79 Å². The number of ether oxygens (including phenoxy) is 1. The van der Waals surface area contributed by atoms with E-state index in [0.717, 1.165) is 24.3 Å². The van der Waals surface area contributed by atoms with Crippen molar-refractivity contribution in [1.29, 1.82) is 0 Å². The van der Waals surface area contributed by atoms with E-state index in [0.29, 0.717) is 12.8 Å². The summed E-state index contributed by atoms with van der Waals surface area (Å²) in [6.07, 6.45) is -14.2. The van der Waals surface area contributed by atoms with Gasteiger partial charge in [-0.15, -0.1) is 0 Å². The van der Waals surface area contributed by atoms with Gasteiger partial charge in [0.05, 0.1) is 0 Å². The average molecular weight is 334 g/mol. The van der Waals surface area contributed by atoms with Crippen LogP contribution in [0.1, 0.15) is 25.7 Å². The molecule has 1 spiro atoms. The normalized spacial score (nSPS) is 22.4. The summed E-state index contributed by atoms with van der Waals surface area (Å²) in [4.78, 5) is 12.5. The number of piperidine rings is 1. The first-order chi connectivity index (χ1) is 10.0. The Bertz CT molecular complexity index is 393. The van der Waals surface area contributed by atoms with Crippen LogP contribution in [0, 0.1) is 0 Å². The van der Waals surface area contributed by atoms with Gasteiger partial charge in [-0.05, 0) is 32.2 Å². The van der Waals surface area contributed by atoms with Crippen LogP contribution in [0.4, 0.5) is 31.1 Å². The van der Waals surface area contributed by atoms with E-state index in [1.807, 2.05) is 0 Å². The van der Waals surface area contributed by atoms with Crippen LogP contribution in [0.25, 0.3) is 0 Å². The Labute approximate surface area is 122 Å². The number of nitrogens with one attached hydrogen (secondary N) is 1. The van der Waals surface area contributed by atoms with Gasteiger partial charge < -0.3 is 15.0 Å². The van der Waals surface area contributed by atoms with Gasteiger partial charge in [0.25, 0.3) is 6.10 Å². The molecular weight excluding hydrogens is 318 g/mol. The largest absolute Gasteiger partial charge is 0.434 e. The van der Waals surface area contributed by atoms with Crippen LogP contribution in [0.5, 0.6) is 0 Å². The van der Waals surface area contributed by atoms with Crippen molar-refractivity contribution in [2.45, 2.75) is 49.7 Å². The first kappa shape index (κ1) is 17.2. The van der Waals surface area contributed by atoms with Crippen molar-refractivity contribution in [2.24, 2.45) is 0 Å². The molecule has 4 nitrogen and oxygen atoms in total. The summed E-state index contributed by atoms with van der Waals surface area (Å²) >= 11 is 0. The lowest BCUT2D eigenvalue weighted by Crippen LogP contribution is -2.53. The second-order valence-electron chi connectivity index (χ2n) is 5.64. The minimum Gasteiger partial charge on any atom is -0.426 e. The third-order valence-corrected chi connectivity index (χ3v) is 4.12. The van der Waals surface area contributed by atoms with E-state index in [2.05, 4.69) is 10.1 Å². The SMILES string of the molecule is O=C(OC(C(F)(F)F)C(F)(F)F)N1CCC2(CCCN2)CC1. The number of likely N-dealkylation sites (tertiary alicyclic amines) is 1. The summed E-state index contributed by atoms with van der Waals surface area (Å²) in [5, 5.41) is 3.28. The molecule has 0 saturated carbocycles. The highest BCUT2D eigenvalue weighted by Gasteiger charge is 2.60. The molecule has 0 atom stereocenters. The number of hydrogen-bond acceptors (Lipinski definition) is 3. The molecule has 0 aromatic rings. The van der Waals surface area contributed by atoms with Gasteiger partial charge in [-0.3, -0.25) is 0 Å². The standard InChI is InChI=1S/C12H16F6N2O2/c13-11(14,15)8(12(16,17)18)22-9(21)20-6-3-10(4-7-20)2-1-5-19-10/h8,19H,1-7H2. The van der Waals surface area contributed by atoms with Crippen LogP contribution in [-0.2, 0) is 4.74 Å². The second-order valence-corrected chi connectivity index (χ2v) is 5.64. The highest BCUT2D eigenvalue weighted by Crippen LogP contribution is 2.37. The Hall–Kier alpha value is -1.19. The fourth-order valence-electron chi connectivity index (χ4n) is 2.91. The summed E-state index contributed by atoms with van der Waals surface area (Å²) in [6.45, 7) is 0.983. The molecule has 2 aliphatic heterocycles. The maximum atomic E-state index is 12.4. The lowest BCUT2D eigenvalue weighted by Gasteiger charge is -2.39. The Balaban J connectivity index is 1.94. The number of rotatable bonds is 1. The first-order valence-electron chi connectivity index (χ1n) is 6.88. The first-order valence-corrected chi connectivity index (χ1v) is 6.88. The molecule has 2 rings (SSSR count). The molecule has 0 unspecified atom stereocenters. The Kier molecular flexibility index (Phi) is 4.51. The minimum absolute atomic E-state index is 0.0776. The molecule has 0 aromatic heterocycles. The lowest BCUT2D eigenvalue weighted by atomic mass is 9.86. The van der Waals surface area contributed by atoms with E-state index in [1.54, 1.807) is 0 Å². The number of hydrogen-bond donors (Lipinski definition) is 1. The molecule has 2 aliphatic rings. The monoisotopic (exact) mass is 334 g/mol. The fourth-order valence-corrected chi connectivity index (χ4v) is 2.91. The van der Waals surface area contributed by atoms with Gasteiger partial charge in [0.15, 0.2) is 0 Å². The van der Waals surface area contributed by atoms with E-state index in [-0.39, 0.29) is 18.6 Å². The maximum absolute atomic E-state index is 12.4. The van der Waals surface area contributed by atoms with E-state index in [4.69, 9.17) is 0 Å². The summed E-state index contributed by atoms with van der Waals surface area (Å²) in [5.74, 6) is 0. The zero-order chi connectivity index (χ0) is 16.6. The van der Waals surface area contributed by atoms with E-state index in [9.17, 15) is 31.1 Å². The highest BCUT2D eigenvalue weighted by molar-refractivity contribution is 5.68. The summed E-state index contributed by atoms with van der Waals surface area (Å²) in [5.41, 5.74) is -0.149. The average Bonchev–Trinajstić information content (AvgIpc) is 2.82. The molecule has 2 heterocycles. The van der Waals surface area contributed by atoms with Crippen molar-refractivity contribution < 1.29 is 35.9 Å². The molecule has 10 heteroatoms. The molecule has 1 N–H and O–H groups in total. The summed E-state index contributed by atoms with van der Waals surface area (Å²) in [7, 11) is 0. The van der Waals surface area contributed by atoms with Crippen molar-refractivity contribution in [1.82, 2.24) is 10.2 Å². The number of nitrogens with zero attached hydrogens (tertiary/aromatic N) is 1. The number of carbonyl (C=O) groups is 1. The van der Waals surface area contributed by atoms with Gasteiger partial charge in [-0.1, -0.05) is 0 Å². The molecule has 128 valence electrons. The van der Waals surface area contributed by atoms with E-state index < -0.39 is 24.5 Å². The molecule has 1 amide bonds. The van der Waals surface area contributed by atoms with Gasteiger partial charge in [0.2, 0.25) is 0 Å². The predicted molar refractivity (Wildman–Crippen MR) is 63.2 cm³/mol.